The second kappa shape index (κ2) is 5.70. The van der Waals surface area contributed by atoms with Gasteiger partial charge in [0.1, 0.15) is 16.2 Å². The molecule has 1 heterocycles. The molecule has 0 spiro atoms. The van der Waals surface area contributed by atoms with Gasteiger partial charge in [0.25, 0.3) is 0 Å². The minimum atomic E-state index is 0.303. The second-order valence-corrected chi connectivity index (χ2v) is 5.90. The molecule has 0 aliphatic heterocycles. The van der Waals surface area contributed by atoms with Crippen molar-refractivity contribution in [2.45, 2.75) is 33.6 Å². The molecule has 0 saturated heterocycles. The number of halogens is 1. The normalized spacial score (nSPS) is 10.8. The molecule has 19 heavy (non-hydrogen) atoms. The molecule has 2 aromatic rings. The maximum absolute atomic E-state index is 4.54. The zero-order valence-electron chi connectivity index (χ0n) is 11.7. The lowest BCUT2D eigenvalue weighted by atomic mass is 10.1. The zero-order chi connectivity index (χ0) is 14.0. The fourth-order valence-corrected chi connectivity index (χ4v) is 2.35. The lowest BCUT2D eigenvalue weighted by molar-refractivity contribution is 0.771. The smallest absolute Gasteiger partial charge is 0.135 e. The van der Waals surface area contributed by atoms with Crippen molar-refractivity contribution >= 4 is 27.4 Å². The van der Waals surface area contributed by atoms with Crippen LogP contribution in [0.3, 0.4) is 0 Å². The molecule has 0 atom stereocenters. The zero-order valence-corrected chi connectivity index (χ0v) is 13.2. The summed E-state index contributed by atoms with van der Waals surface area (Å²) in [5.74, 6) is 1.95. The molecule has 0 fully saturated rings. The number of hydrogen-bond acceptors (Lipinski definition) is 3. The fourth-order valence-electron chi connectivity index (χ4n) is 1.95. The van der Waals surface area contributed by atoms with Crippen molar-refractivity contribution in [2.75, 3.05) is 5.32 Å². The Kier molecular flexibility index (Phi) is 4.20. The van der Waals surface area contributed by atoms with Crippen molar-refractivity contribution in [3.05, 3.63) is 45.8 Å². The summed E-state index contributed by atoms with van der Waals surface area (Å²) in [6.07, 6.45) is 0. The van der Waals surface area contributed by atoms with Gasteiger partial charge in [0, 0.05) is 17.7 Å². The van der Waals surface area contributed by atoms with Crippen molar-refractivity contribution in [3.63, 3.8) is 0 Å². The van der Waals surface area contributed by atoms with Crippen molar-refractivity contribution < 1.29 is 0 Å². The van der Waals surface area contributed by atoms with E-state index in [-0.39, 0.29) is 0 Å². The van der Waals surface area contributed by atoms with E-state index in [2.05, 4.69) is 77.1 Å². The average Bonchev–Trinajstić information content (AvgIpc) is 2.26. The van der Waals surface area contributed by atoms with Gasteiger partial charge in [0.15, 0.2) is 0 Å². The van der Waals surface area contributed by atoms with Crippen molar-refractivity contribution in [1.82, 2.24) is 9.97 Å². The Balaban J connectivity index is 2.32. The molecule has 2 rings (SSSR count). The van der Waals surface area contributed by atoms with Crippen LogP contribution in [0.25, 0.3) is 0 Å². The summed E-state index contributed by atoms with van der Waals surface area (Å²) in [5.41, 5.74) is 3.53. The first-order valence-corrected chi connectivity index (χ1v) is 7.13. The molecular formula is C15H18BrN3. The van der Waals surface area contributed by atoms with Gasteiger partial charge in [-0.2, -0.15) is 0 Å². The van der Waals surface area contributed by atoms with E-state index in [9.17, 15) is 0 Å². The lowest BCUT2D eigenvalue weighted by Gasteiger charge is -2.11. The Morgan fingerprint density at radius 2 is 1.63 bits per heavy atom. The highest BCUT2D eigenvalue weighted by Crippen LogP contribution is 2.22. The molecule has 3 nitrogen and oxygen atoms in total. The quantitative estimate of drug-likeness (QED) is 0.831. The molecule has 1 N–H and O–H groups in total. The molecule has 0 amide bonds. The van der Waals surface area contributed by atoms with E-state index in [1.54, 1.807) is 0 Å². The average molecular weight is 320 g/mol. The van der Waals surface area contributed by atoms with E-state index in [1.165, 1.54) is 11.1 Å². The number of hydrogen-bond donors (Lipinski definition) is 1. The predicted octanol–water partition coefficient (Wildman–Crippen LogP) is 4.72. The Bertz CT molecular complexity index is 574. The first kappa shape index (κ1) is 14.0. The topological polar surface area (TPSA) is 37.8 Å². The van der Waals surface area contributed by atoms with E-state index in [4.69, 9.17) is 0 Å². The van der Waals surface area contributed by atoms with Gasteiger partial charge in [-0.15, -0.1) is 0 Å². The molecule has 0 aliphatic rings. The standard InChI is InChI=1S/C15H18BrN3/c1-9(2)15-18-13(16)8-14(19-15)17-12-6-10(3)5-11(4)7-12/h5-9H,1-4H3,(H,17,18,19). The monoisotopic (exact) mass is 319 g/mol. The molecule has 4 heteroatoms. The van der Waals surface area contributed by atoms with Crippen molar-refractivity contribution in [1.29, 1.82) is 0 Å². The van der Waals surface area contributed by atoms with Gasteiger partial charge in [-0.05, 0) is 53.0 Å². The molecule has 0 bridgehead atoms. The van der Waals surface area contributed by atoms with E-state index < -0.39 is 0 Å². The Hall–Kier alpha value is -1.42. The summed E-state index contributed by atoms with van der Waals surface area (Å²) in [6.45, 7) is 8.35. The van der Waals surface area contributed by atoms with Crippen LogP contribution in [0, 0.1) is 13.8 Å². The summed E-state index contributed by atoms with van der Waals surface area (Å²) < 4.78 is 0.804. The van der Waals surface area contributed by atoms with E-state index in [0.717, 1.165) is 21.9 Å². The van der Waals surface area contributed by atoms with Crippen LogP contribution in [0.1, 0.15) is 36.7 Å². The van der Waals surface area contributed by atoms with Gasteiger partial charge < -0.3 is 5.32 Å². The Morgan fingerprint density at radius 3 is 2.21 bits per heavy atom. The number of nitrogens with one attached hydrogen (secondary N) is 1. The summed E-state index contributed by atoms with van der Waals surface area (Å²) >= 11 is 3.43. The lowest BCUT2D eigenvalue weighted by Crippen LogP contribution is -2.02. The third kappa shape index (κ3) is 3.77. The highest BCUT2D eigenvalue weighted by molar-refractivity contribution is 9.10. The SMILES string of the molecule is Cc1cc(C)cc(Nc2cc(Br)nc(C(C)C)n2)c1. The van der Waals surface area contributed by atoms with Gasteiger partial charge in [0.2, 0.25) is 0 Å². The van der Waals surface area contributed by atoms with Crippen molar-refractivity contribution in [3.8, 4) is 0 Å². The van der Waals surface area contributed by atoms with E-state index in [0.29, 0.717) is 5.92 Å². The maximum Gasteiger partial charge on any atom is 0.135 e. The molecule has 0 radical (unpaired) electrons. The van der Waals surface area contributed by atoms with Crippen LogP contribution in [-0.4, -0.2) is 9.97 Å². The fraction of sp³-hybridized carbons (Fsp3) is 0.333. The predicted molar refractivity (Wildman–Crippen MR) is 83.0 cm³/mol. The number of nitrogens with zero attached hydrogens (tertiary/aromatic N) is 2. The number of rotatable bonds is 3. The molecule has 1 aromatic heterocycles. The molecule has 0 saturated carbocycles. The van der Waals surface area contributed by atoms with Crippen LogP contribution >= 0.6 is 15.9 Å². The third-order valence-corrected chi connectivity index (χ3v) is 3.13. The highest BCUT2D eigenvalue weighted by atomic mass is 79.9. The van der Waals surface area contributed by atoms with Crippen LogP contribution in [0.2, 0.25) is 0 Å². The highest BCUT2D eigenvalue weighted by Gasteiger charge is 2.07. The van der Waals surface area contributed by atoms with Gasteiger partial charge in [-0.3, -0.25) is 0 Å². The molecule has 100 valence electrons. The Labute approximate surface area is 122 Å². The molecule has 1 aromatic carbocycles. The van der Waals surface area contributed by atoms with Gasteiger partial charge >= 0.3 is 0 Å². The minimum Gasteiger partial charge on any atom is -0.340 e. The second-order valence-electron chi connectivity index (χ2n) is 5.09. The first-order chi connectivity index (χ1) is 8.94. The number of benzene rings is 1. The number of anilines is 2. The van der Waals surface area contributed by atoms with Gasteiger partial charge in [-0.25, -0.2) is 9.97 Å². The third-order valence-electron chi connectivity index (χ3n) is 2.72. The maximum atomic E-state index is 4.54. The summed E-state index contributed by atoms with van der Waals surface area (Å²) in [7, 11) is 0. The molecule has 0 aliphatic carbocycles. The van der Waals surface area contributed by atoms with Gasteiger partial charge in [-0.1, -0.05) is 19.9 Å². The van der Waals surface area contributed by atoms with Crippen LogP contribution < -0.4 is 5.32 Å². The van der Waals surface area contributed by atoms with E-state index in [1.807, 2.05) is 6.07 Å². The Morgan fingerprint density at radius 1 is 1.00 bits per heavy atom. The van der Waals surface area contributed by atoms with Crippen molar-refractivity contribution in [2.24, 2.45) is 0 Å². The summed E-state index contributed by atoms with van der Waals surface area (Å²) in [6, 6.07) is 8.26. The van der Waals surface area contributed by atoms with Crippen LogP contribution in [0.4, 0.5) is 11.5 Å². The molecular weight excluding hydrogens is 302 g/mol. The summed E-state index contributed by atoms with van der Waals surface area (Å²) in [5, 5.41) is 3.34. The minimum absolute atomic E-state index is 0.303. The number of aromatic nitrogens is 2. The van der Waals surface area contributed by atoms with Crippen LogP contribution in [0.5, 0.6) is 0 Å². The van der Waals surface area contributed by atoms with Crippen LogP contribution in [-0.2, 0) is 0 Å². The van der Waals surface area contributed by atoms with E-state index >= 15 is 0 Å². The number of aryl methyl sites for hydroxylation is 2. The molecule has 0 unspecified atom stereocenters. The van der Waals surface area contributed by atoms with Gasteiger partial charge in [0.05, 0.1) is 0 Å². The largest absolute Gasteiger partial charge is 0.340 e. The first-order valence-electron chi connectivity index (χ1n) is 6.34. The summed E-state index contributed by atoms with van der Waals surface area (Å²) in [4.78, 5) is 8.91. The van der Waals surface area contributed by atoms with Crippen LogP contribution in [0.15, 0.2) is 28.9 Å².